The fourth-order valence-electron chi connectivity index (χ4n) is 1.06. The Labute approximate surface area is 111 Å². The van der Waals surface area contributed by atoms with Crippen LogP contribution in [-0.2, 0) is 19.5 Å². The van der Waals surface area contributed by atoms with Crippen molar-refractivity contribution in [2.45, 2.75) is 39.5 Å². The van der Waals surface area contributed by atoms with Crippen LogP contribution in [0.15, 0.2) is 0 Å². The van der Waals surface area contributed by atoms with Crippen LogP contribution in [0.25, 0.3) is 0 Å². The number of thiocarbonyl (C=S) groups is 1. The molecule has 0 saturated heterocycles. The van der Waals surface area contributed by atoms with Crippen molar-refractivity contribution in [3.8, 4) is 0 Å². The van der Waals surface area contributed by atoms with Crippen molar-refractivity contribution in [2.24, 2.45) is 0 Å². The molecule has 2 nitrogen and oxygen atoms in total. The topological polar surface area (TPSA) is 15.3 Å². The van der Waals surface area contributed by atoms with E-state index in [9.17, 15) is 0 Å². The number of rotatable bonds is 7. The fraction of sp³-hybridized carbons (Fsp3) is 0.889. The molecule has 0 atom stereocenters. The van der Waals surface area contributed by atoms with E-state index in [4.69, 9.17) is 12.2 Å². The van der Waals surface area contributed by atoms with Crippen LogP contribution in [0, 0.1) is 0 Å². The summed E-state index contributed by atoms with van der Waals surface area (Å²) >= 11 is 8.94. The van der Waals surface area contributed by atoms with Gasteiger partial charge in [-0.15, -0.1) is 12.6 Å². The van der Waals surface area contributed by atoms with E-state index in [2.05, 4.69) is 36.9 Å². The van der Waals surface area contributed by atoms with Crippen molar-refractivity contribution in [1.29, 1.82) is 0 Å². The molecule has 0 spiro atoms. The number of unbranched alkanes of at least 4 members (excludes halogenated alkanes) is 2. The van der Waals surface area contributed by atoms with Crippen LogP contribution in [0.3, 0.4) is 0 Å². The van der Waals surface area contributed by atoms with E-state index < -0.39 is 0 Å². The van der Waals surface area contributed by atoms with Crippen molar-refractivity contribution in [3.05, 3.63) is 0 Å². The second-order valence-electron chi connectivity index (χ2n) is 3.11. The predicted molar refractivity (Wildman–Crippen MR) is 66.1 cm³/mol. The molecule has 14 heavy (non-hydrogen) atoms. The molecule has 0 bridgehead atoms. The van der Waals surface area contributed by atoms with E-state index in [-0.39, 0.29) is 19.5 Å². The summed E-state index contributed by atoms with van der Waals surface area (Å²) in [6, 6.07) is 0. The molecule has 0 aliphatic rings. The molecule has 0 heterocycles. The summed E-state index contributed by atoms with van der Waals surface area (Å²) < 4.78 is 0.562. The van der Waals surface area contributed by atoms with Gasteiger partial charge in [0, 0.05) is 32.6 Å². The summed E-state index contributed by atoms with van der Waals surface area (Å²) in [5.41, 5.74) is 3.08. The minimum atomic E-state index is 0. The molecular weight excluding hydrogens is 266 g/mol. The largest absolute Gasteiger partial charge is 0.304 e. The summed E-state index contributed by atoms with van der Waals surface area (Å²) in [4.78, 5) is 0. The number of nitrogens with one attached hydrogen (secondary N) is 1. The van der Waals surface area contributed by atoms with Gasteiger partial charge in [-0.3, -0.25) is 0 Å². The summed E-state index contributed by atoms with van der Waals surface area (Å²) in [6.45, 7) is 6.49. The molecule has 5 heteroatoms. The number of hydrazine groups is 1. The number of nitrogens with zero attached hydrogens (tertiary/aromatic N) is 1. The quantitative estimate of drug-likeness (QED) is 0.324. The third-order valence-electron chi connectivity index (χ3n) is 1.82. The zero-order chi connectivity index (χ0) is 10.1. The Bertz CT molecular complexity index is 137. The summed E-state index contributed by atoms with van der Waals surface area (Å²) in [5.74, 6) is 0. The fourth-order valence-corrected chi connectivity index (χ4v) is 1.33. The van der Waals surface area contributed by atoms with Gasteiger partial charge in [0.1, 0.15) is 4.32 Å². The van der Waals surface area contributed by atoms with Gasteiger partial charge in [-0.05, 0) is 12.8 Å². The van der Waals surface area contributed by atoms with Crippen molar-refractivity contribution >= 4 is 29.2 Å². The van der Waals surface area contributed by atoms with Crippen LogP contribution >= 0.6 is 24.8 Å². The third kappa shape index (κ3) is 10.9. The molecule has 0 rings (SSSR count). The van der Waals surface area contributed by atoms with Gasteiger partial charge in [0.15, 0.2) is 0 Å². The maximum Gasteiger partial charge on any atom is 0.145 e. The van der Waals surface area contributed by atoms with Crippen LogP contribution in [-0.4, -0.2) is 22.4 Å². The first-order chi connectivity index (χ1) is 6.20. The van der Waals surface area contributed by atoms with Crippen LogP contribution in [0.5, 0.6) is 0 Å². The Hall–Kier alpha value is 0.823. The molecule has 0 radical (unpaired) electrons. The number of thiol groups is 1. The van der Waals surface area contributed by atoms with E-state index in [0.29, 0.717) is 4.32 Å². The molecule has 0 aromatic heterocycles. The molecule has 0 aromatic carbocycles. The molecule has 0 fully saturated rings. The van der Waals surface area contributed by atoms with Gasteiger partial charge in [0.2, 0.25) is 0 Å². The first-order valence-corrected chi connectivity index (χ1v) is 5.80. The van der Waals surface area contributed by atoms with Crippen LogP contribution in [0.2, 0.25) is 0 Å². The Morgan fingerprint density at radius 3 is 1.93 bits per heavy atom. The minimum absolute atomic E-state index is 0. The maximum absolute atomic E-state index is 4.88. The second-order valence-corrected chi connectivity index (χ2v) is 4.27. The molecular formula is C9H20N2S2Zn. The zero-order valence-electron chi connectivity index (χ0n) is 9.25. The van der Waals surface area contributed by atoms with Crippen LogP contribution in [0.4, 0.5) is 0 Å². The van der Waals surface area contributed by atoms with Gasteiger partial charge in [0.05, 0.1) is 0 Å². The van der Waals surface area contributed by atoms with Crippen LogP contribution in [0.1, 0.15) is 39.5 Å². The first kappa shape index (κ1) is 17.2. The van der Waals surface area contributed by atoms with Gasteiger partial charge in [0.25, 0.3) is 0 Å². The van der Waals surface area contributed by atoms with Gasteiger partial charge >= 0.3 is 0 Å². The molecule has 80 valence electrons. The normalized spacial score (nSPS) is 9.71. The van der Waals surface area contributed by atoms with Crippen molar-refractivity contribution < 1.29 is 19.5 Å². The number of hydrogen-bond acceptors (Lipinski definition) is 2. The van der Waals surface area contributed by atoms with E-state index in [1.807, 2.05) is 0 Å². The van der Waals surface area contributed by atoms with E-state index >= 15 is 0 Å². The monoisotopic (exact) mass is 284 g/mol. The molecule has 0 aliphatic carbocycles. The summed E-state index contributed by atoms with van der Waals surface area (Å²) in [7, 11) is 0. The SMILES string of the molecule is CCCCN(CCCC)NC(=S)S.[Zn]. The van der Waals surface area contributed by atoms with Crippen molar-refractivity contribution in [2.75, 3.05) is 13.1 Å². The number of hydrogen-bond donors (Lipinski definition) is 2. The summed E-state index contributed by atoms with van der Waals surface area (Å²) in [6.07, 6.45) is 4.83. The maximum atomic E-state index is 4.88. The predicted octanol–water partition coefficient (Wildman–Crippen LogP) is 2.61. The van der Waals surface area contributed by atoms with Gasteiger partial charge in [-0.2, -0.15) is 0 Å². The van der Waals surface area contributed by atoms with Crippen LogP contribution < -0.4 is 5.43 Å². The third-order valence-corrected chi connectivity index (χ3v) is 2.01. The smallest absolute Gasteiger partial charge is 0.145 e. The standard InChI is InChI=1S/C9H20N2S2.Zn/c1-3-5-7-11(8-6-4-2)10-9(12)13;/h3-8H2,1-2H3,(H2,10,12,13);. The molecule has 0 amide bonds. The van der Waals surface area contributed by atoms with E-state index in [1.165, 1.54) is 25.7 Å². The second kappa shape index (κ2) is 11.9. The minimum Gasteiger partial charge on any atom is -0.304 e. The average Bonchev–Trinajstić information content (AvgIpc) is 2.09. The van der Waals surface area contributed by atoms with Crippen molar-refractivity contribution in [3.63, 3.8) is 0 Å². The van der Waals surface area contributed by atoms with E-state index in [1.54, 1.807) is 0 Å². The first-order valence-electron chi connectivity index (χ1n) is 4.95. The van der Waals surface area contributed by atoms with Crippen molar-refractivity contribution in [1.82, 2.24) is 10.4 Å². The molecule has 0 aliphatic heterocycles. The zero-order valence-corrected chi connectivity index (χ0v) is 13.9. The Balaban J connectivity index is 0. The summed E-state index contributed by atoms with van der Waals surface area (Å²) in [5, 5.41) is 2.16. The Morgan fingerprint density at radius 1 is 1.21 bits per heavy atom. The van der Waals surface area contributed by atoms with E-state index in [0.717, 1.165) is 13.1 Å². The van der Waals surface area contributed by atoms with Gasteiger partial charge in [-0.1, -0.05) is 38.9 Å². The van der Waals surface area contributed by atoms with Gasteiger partial charge in [-0.25, -0.2) is 5.01 Å². The Morgan fingerprint density at radius 2 is 1.64 bits per heavy atom. The molecule has 0 unspecified atom stereocenters. The van der Waals surface area contributed by atoms with Gasteiger partial charge < -0.3 is 5.43 Å². The average molecular weight is 286 g/mol. The Kier molecular flexibility index (Phi) is 14.6. The molecule has 0 saturated carbocycles. The molecule has 1 N–H and O–H groups in total. The molecule has 0 aromatic rings.